The van der Waals surface area contributed by atoms with E-state index in [0.717, 1.165) is 0 Å². The number of hydrogen-bond donors (Lipinski definition) is 9. The maximum Gasteiger partial charge on any atom is 0.272 e. The first-order valence-electron chi connectivity index (χ1n) is 11.5. The molecule has 2 atom stereocenters. The molecule has 0 fully saturated rings. The normalized spacial score (nSPS) is 12.0. The van der Waals surface area contributed by atoms with Gasteiger partial charge in [-0.2, -0.15) is 5.26 Å². The Morgan fingerprint density at radius 2 is 1.62 bits per heavy atom. The molecule has 2 aromatic heterocycles. The van der Waals surface area contributed by atoms with Gasteiger partial charge in [0.05, 0.1) is 29.9 Å². The first-order valence-corrected chi connectivity index (χ1v) is 11.5. The number of anilines is 2. The number of aromatic nitrogens is 2. The minimum Gasteiger partial charge on any atom is -0.370 e. The summed E-state index contributed by atoms with van der Waals surface area (Å²) in [5.41, 5.74) is 16.4. The van der Waals surface area contributed by atoms with E-state index in [-0.39, 0.29) is 42.4 Å². The van der Waals surface area contributed by atoms with Gasteiger partial charge in [-0.25, -0.2) is 4.99 Å². The molecule has 4 amide bonds. The molecule has 2 aromatic rings. The van der Waals surface area contributed by atoms with E-state index in [4.69, 9.17) is 17.2 Å². The molecule has 16 heteroatoms. The fourth-order valence-electron chi connectivity index (χ4n) is 3.06. The zero-order valence-electron chi connectivity index (χ0n) is 20.7. The quantitative estimate of drug-likeness (QED) is 0.0578. The molecular weight excluding hydrogens is 510 g/mol. The van der Waals surface area contributed by atoms with E-state index in [1.807, 2.05) is 6.07 Å². The summed E-state index contributed by atoms with van der Waals surface area (Å²) in [7, 11) is 0. The van der Waals surface area contributed by atoms with Crippen LogP contribution in [0.2, 0.25) is 0 Å². The van der Waals surface area contributed by atoms with Crippen LogP contribution >= 0.6 is 0 Å². The van der Waals surface area contributed by atoms with Crippen molar-refractivity contribution in [2.45, 2.75) is 24.9 Å². The second-order valence-electron chi connectivity index (χ2n) is 7.96. The van der Waals surface area contributed by atoms with Crippen LogP contribution < -0.4 is 38.5 Å². The van der Waals surface area contributed by atoms with Crippen molar-refractivity contribution in [1.29, 1.82) is 5.26 Å². The van der Waals surface area contributed by atoms with Crippen molar-refractivity contribution in [3.05, 3.63) is 48.1 Å². The van der Waals surface area contributed by atoms with Crippen LogP contribution in [0.15, 0.2) is 41.7 Å². The molecule has 0 aliphatic rings. The number of amides is 4. The number of carbonyl (C=O) groups excluding carboxylic acids is 5. The maximum absolute atomic E-state index is 12.5. The minimum atomic E-state index is -1.18. The average molecular weight is 540 g/mol. The smallest absolute Gasteiger partial charge is 0.272 e. The number of aliphatic imine (C=N–C) groups is 1. The number of H-pyrrole nitrogens is 2. The lowest BCUT2D eigenvalue weighted by molar-refractivity contribution is -0.124. The SMILES string of the molecule is N#CC(CC(=O)NC(C=O)CC=CCN)NC(=O)c1cc(NC(=O)c2cc(NC(=O)CN=C(N)N)c[nH]2)c[nH]1. The van der Waals surface area contributed by atoms with E-state index in [1.165, 1.54) is 24.5 Å². The van der Waals surface area contributed by atoms with Crippen molar-refractivity contribution in [2.75, 3.05) is 23.7 Å². The number of nitrogens with one attached hydrogen (secondary N) is 6. The molecule has 0 aliphatic carbocycles. The van der Waals surface area contributed by atoms with Crippen molar-refractivity contribution in [3.8, 4) is 6.07 Å². The highest BCUT2D eigenvalue weighted by molar-refractivity contribution is 6.05. The summed E-state index contributed by atoms with van der Waals surface area (Å²) in [6.07, 6.45) is 6.46. The molecule has 0 spiro atoms. The van der Waals surface area contributed by atoms with Gasteiger partial charge >= 0.3 is 0 Å². The molecule has 16 nitrogen and oxygen atoms in total. The van der Waals surface area contributed by atoms with Crippen molar-refractivity contribution < 1.29 is 24.0 Å². The Morgan fingerprint density at radius 1 is 0.974 bits per heavy atom. The van der Waals surface area contributed by atoms with Crippen LogP contribution in [-0.2, 0) is 14.4 Å². The van der Waals surface area contributed by atoms with Crippen molar-refractivity contribution in [1.82, 2.24) is 20.6 Å². The lowest BCUT2D eigenvalue weighted by Crippen LogP contribution is -2.41. The Kier molecular flexibility index (Phi) is 11.4. The summed E-state index contributed by atoms with van der Waals surface area (Å²) in [4.78, 5) is 69.1. The molecule has 0 bridgehead atoms. The molecular formula is C23H29N11O5. The first-order chi connectivity index (χ1) is 18.6. The topological polar surface area (TPSA) is 279 Å². The summed E-state index contributed by atoms with van der Waals surface area (Å²) >= 11 is 0. The highest BCUT2D eigenvalue weighted by Crippen LogP contribution is 2.14. The Morgan fingerprint density at radius 3 is 2.21 bits per heavy atom. The standard InChI is InChI=1S/C23H29N11O5/c24-4-2-1-3-13(12-35)31-19(36)7-14(8-25)33-21(38)18-6-16(10-29-18)34-22(39)17-5-15(9-28-17)32-20(37)11-30-23(26)27/h1-2,5-6,9-10,12-14,28-29H,3-4,7,11,24H2,(H,31,36)(H,32,37)(H,33,38)(H,34,39)(H4,26,27,30). The van der Waals surface area contributed by atoms with Crippen LogP contribution in [-0.4, -0.2) is 71.0 Å². The fourth-order valence-corrected chi connectivity index (χ4v) is 3.06. The minimum absolute atomic E-state index is 0.0165. The van der Waals surface area contributed by atoms with E-state index >= 15 is 0 Å². The number of nitriles is 1. The van der Waals surface area contributed by atoms with Crippen LogP contribution in [0.1, 0.15) is 33.8 Å². The van der Waals surface area contributed by atoms with E-state index in [0.29, 0.717) is 18.5 Å². The Balaban J connectivity index is 1.89. The van der Waals surface area contributed by atoms with E-state index in [2.05, 4.69) is 36.2 Å². The predicted octanol–water partition coefficient (Wildman–Crippen LogP) is -1.59. The van der Waals surface area contributed by atoms with Crippen molar-refractivity contribution >= 4 is 47.2 Å². The lowest BCUT2D eigenvalue weighted by Gasteiger charge is -2.14. The van der Waals surface area contributed by atoms with Gasteiger partial charge in [-0.05, 0) is 18.6 Å². The average Bonchev–Trinajstić information content (AvgIpc) is 3.56. The van der Waals surface area contributed by atoms with E-state index < -0.39 is 35.7 Å². The van der Waals surface area contributed by atoms with Crippen LogP contribution in [0.4, 0.5) is 11.4 Å². The molecule has 0 saturated carbocycles. The van der Waals surface area contributed by atoms with Gasteiger partial charge in [0.1, 0.15) is 30.3 Å². The largest absolute Gasteiger partial charge is 0.370 e. The van der Waals surface area contributed by atoms with Crippen LogP contribution in [0.25, 0.3) is 0 Å². The zero-order valence-corrected chi connectivity index (χ0v) is 20.7. The number of hydrogen-bond acceptors (Lipinski definition) is 8. The number of aromatic amines is 2. The molecule has 2 heterocycles. The Hall–Kier alpha value is -5.43. The van der Waals surface area contributed by atoms with Crippen LogP contribution in [0.5, 0.6) is 0 Å². The highest BCUT2D eigenvalue weighted by Gasteiger charge is 2.20. The number of aldehydes is 1. The molecule has 12 N–H and O–H groups in total. The number of carbonyl (C=O) groups is 5. The fraction of sp³-hybridized carbons (Fsp3) is 0.261. The van der Waals surface area contributed by atoms with Gasteiger partial charge < -0.3 is 53.2 Å². The molecule has 2 unspecified atom stereocenters. The Bertz CT molecular complexity index is 1280. The molecule has 0 aliphatic heterocycles. The lowest BCUT2D eigenvalue weighted by atomic mass is 10.1. The van der Waals surface area contributed by atoms with E-state index in [9.17, 15) is 29.2 Å². The molecule has 0 aromatic carbocycles. The Labute approximate surface area is 222 Å². The molecule has 0 saturated heterocycles. The maximum atomic E-state index is 12.5. The van der Waals surface area contributed by atoms with Crippen LogP contribution in [0, 0.1) is 11.3 Å². The third kappa shape index (κ3) is 10.2. The molecule has 206 valence electrons. The second kappa shape index (κ2) is 15.0. The summed E-state index contributed by atoms with van der Waals surface area (Å²) in [5, 5.41) is 19.3. The van der Waals surface area contributed by atoms with Gasteiger partial charge in [0.15, 0.2) is 5.96 Å². The van der Waals surface area contributed by atoms with Gasteiger partial charge in [0, 0.05) is 18.9 Å². The van der Waals surface area contributed by atoms with Crippen LogP contribution in [0.3, 0.4) is 0 Å². The van der Waals surface area contributed by atoms with Gasteiger partial charge in [-0.1, -0.05) is 12.2 Å². The number of rotatable bonds is 14. The summed E-state index contributed by atoms with van der Waals surface area (Å²) in [6.45, 7) is 0.00812. The first kappa shape index (κ1) is 29.8. The third-order valence-electron chi connectivity index (χ3n) is 4.86. The monoisotopic (exact) mass is 539 g/mol. The predicted molar refractivity (Wildman–Crippen MR) is 141 cm³/mol. The third-order valence-corrected chi connectivity index (χ3v) is 4.86. The number of nitrogens with two attached hydrogens (primary N) is 3. The molecule has 39 heavy (non-hydrogen) atoms. The van der Waals surface area contributed by atoms with Crippen molar-refractivity contribution in [2.24, 2.45) is 22.2 Å². The van der Waals surface area contributed by atoms with Gasteiger partial charge in [-0.3, -0.25) is 19.2 Å². The molecule has 2 rings (SSSR count). The highest BCUT2D eigenvalue weighted by atomic mass is 16.2. The summed E-state index contributed by atoms with van der Waals surface area (Å²) in [5.74, 6) is -2.59. The molecule has 0 radical (unpaired) electrons. The summed E-state index contributed by atoms with van der Waals surface area (Å²) < 4.78 is 0. The van der Waals surface area contributed by atoms with Gasteiger partial charge in [0.25, 0.3) is 11.8 Å². The van der Waals surface area contributed by atoms with Gasteiger partial charge in [-0.15, -0.1) is 0 Å². The zero-order chi connectivity index (χ0) is 28.8. The summed E-state index contributed by atoms with van der Waals surface area (Å²) in [6, 6.07) is 2.56. The van der Waals surface area contributed by atoms with Crippen molar-refractivity contribution in [3.63, 3.8) is 0 Å². The van der Waals surface area contributed by atoms with Gasteiger partial charge in [0.2, 0.25) is 11.8 Å². The number of guanidine groups is 1. The number of nitrogens with zero attached hydrogens (tertiary/aromatic N) is 2. The van der Waals surface area contributed by atoms with E-state index in [1.54, 1.807) is 12.2 Å². The second-order valence-corrected chi connectivity index (χ2v) is 7.96.